The van der Waals surface area contributed by atoms with Crippen molar-refractivity contribution in [2.75, 3.05) is 7.11 Å². The van der Waals surface area contributed by atoms with Gasteiger partial charge in [0.1, 0.15) is 17.1 Å². The van der Waals surface area contributed by atoms with Crippen molar-refractivity contribution in [3.63, 3.8) is 0 Å². The smallest absolute Gasteiger partial charge is 0.291 e. The molecule has 1 amide bonds. The van der Waals surface area contributed by atoms with Crippen LogP contribution < -0.4 is 10.2 Å². The van der Waals surface area contributed by atoms with Crippen molar-refractivity contribution in [3.8, 4) is 5.75 Å². The predicted octanol–water partition coefficient (Wildman–Crippen LogP) is 5.41. The first-order valence-electron chi connectivity index (χ1n) is 10.1. The highest BCUT2D eigenvalue weighted by atomic mass is 35.5. The van der Waals surface area contributed by atoms with E-state index in [2.05, 4.69) is 0 Å². The fourth-order valence-corrected chi connectivity index (χ4v) is 4.39. The van der Waals surface area contributed by atoms with E-state index < -0.39 is 6.04 Å². The van der Waals surface area contributed by atoms with Gasteiger partial charge in [-0.2, -0.15) is 0 Å². The molecule has 0 bridgehead atoms. The van der Waals surface area contributed by atoms with E-state index in [0.717, 1.165) is 16.7 Å². The van der Waals surface area contributed by atoms with Crippen LogP contribution in [0.2, 0.25) is 5.02 Å². The van der Waals surface area contributed by atoms with Gasteiger partial charge in [0, 0.05) is 5.02 Å². The maximum absolute atomic E-state index is 13.6. The van der Waals surface area contributed by atoms with Crippen molar-refractivity contribution in [2.45, 2.75) is 26.4 Å². The summed E-state index contributed by atoms with van der Waals surface area (Å²) in [4.78, 5) is 28.7. The highest BCUT2D eigenvalue weighted by Crippen LogP contribution is 2.40. The molecule has 0 fully saturated rings. The first-order chi connectivity index (χ1) is 15.4. The van der Waals surface area contributed by atoms with Gasteiger partial charge >= 0.3 is 0 Å². The van der Waals surface area contributed by atoms with Gasteiger partial charge in [0.25, 0.3) is 5.91 Å². The largest absolute Gasteiger partial charge is 0.496 e. The van der Waals surface area contributed by atoms with Crippen LogP contribution >= 0.6 is 11.6 Å². The number of fused-ring (bicyclic) bond motifs is 2. The number of carbonyl (C=O) groups excluding carboxylic acids is 1. The number of halogens is 1. The third-order valence-corrected chi connectivity index (χ3v) is 6.31. The molecule has 3 heterocycles. The molecule has 1 aliphatic heterocycles. The molecule has 1 atom stereocenters. The second-order valence-corrected chi connectivity index (χ2v) is 8.32. The van der Waals surface area contributed by atoms with E-state index in [-0.39, 0.29) is 23.6 Å². The average Bonchev–Trinajstić information content (AvgIpc) is 3.38. The van der Waals surface area contributed by atoms with E-state index in [1.165, 1.54) is 0 Å². The van der Waals surface area contributed by atoms with E-state index >= 15 is 0 Å². The maximum Gasteiger partial charge on any atom is 0.291 e. The minimum atomic E-state index is -0.655. The Balaban J connectivity index is 1.77. The summed E-state index contributed by atoms with van der Waals surface area (Å²) >= 11 is 6.29. The Kier molecular flexibility index (Phi) is 4.82. The summed E-state index contributed by atoms with van der Waals surface area (Å²) < 4.78 is 17.0. The van der Waals surface area contributed by atoms with Crippen LogP contribution in [0.15, 0.2) is 62.4 Å². The second-order valence-electron chi connectivity index (χ2n) is 7.92. The molecular formula is C25H20ClNO5. The maximum atomic E-state index is 13.6. The van der Waals surface area contributed by atoms with Crippen molar-refractivity contribution in [1.82, 2.24) is 4.90 Å². The molecule has 0 aliphatic carbocycles. The lowest BCUT2D eigenvalue weighted by Gasteiger charge is -2.24. The summed E-state index contributed by atoms with van der Waals surface area (Å²) in [6.45, 7) is 3.94. The quantitative estimate of drug-likeness (QED) is 0.416. The summed E-state index contributed by atoms with van der Waals surface area (Å²) in [6.07, 6.45) is 1.55. The molecular weight excluding hydrogens is 430 g/mol. The molecule has 0 radical (unpaired) electrons. The van der Waals surface area contributed by atoms with Crippen LogP contribution in [0.25, 0.3) is 11.0 Å². The van der Waals surface area contributed by atoms with Gasteiger partial charge in [0.2, 0.25) is 5.76 Å². The number of hydrogen-bond acceptors (Lipinski definition) is 5. The number of benzene rings is 2. The van der Waals surface area contributed by atoms with Crippen LogP contribution in [-0.2, 0) is 6.54 Å². The Morgan fingerprint density at radius 2 is 1.91 bits per heavy atom. The molecule has 2 aromatic heterocycles. The minimum absolute atomic E-state index is 0.0420. The third kappa shape index (κ3) is 3.10. The number of aryl methyl sites for hydroxylation is 2. The monoisotopic (exact) mass is 449 g/mol. The zero-order chi connectivity index (χ0) is 22.6. The Morgan fingerprint density at radius 1 is 1.09 bits per heavy atom. The zero-order valence-electron chi connectivity index (χ0n) is 17.8. The fourth-order valence-electron chi connectivity index (χ4n) is 4.23. The Hall–Kier alpha value is -3.51. The normalized spacial score (nSPS) is 15.4. The van der Waals surface area contributed by atoms with E-state index in [1.54, 1.807) is 42.5 Å². The molecule has 0 saturated carbocycles. The van der Waals surface area contributed by atoms with Crippen LogP contribution in [0.5, 0.6) is 5.75 Å². The lowest BCUT2D eigenvalue weighted by molar-refractivity contribution is 0.0701. The van der Waals surface area contributed by atoms with Gasteiger partial charge in [-0.15, -0.1) is 0 Å². The fraction of sp³-hybridized carbons (Fsp3) is 0.200. The lowest BCUT2D eigenvalue weighted by Crippen LogP contribution is -2.29. The zero-order valence-corrected chi connectivity index (χ0v) is 18.5. The molecule has 0 saturated heterocycles. The molecule has 5 rings (SSSR count). The van der Waals surface area contributed by atoms with Crippen LogP contribution in [0.1, 0.15) is 44.6 Å². The summed E-state index contributed by atoms with van der Waals surface area (Å²) in [5, 5.41) is 0.811. The Morgan fingerprint density at radius 3 is 2.62 bits per heavy atom. The van der Waals surface area contributed by atoms with Gasteiger partial charge in [-0.1, -0.05) is 23.7 Å². The SMILES string of the molecule is COc1cc([C@H]2c3c(oc4cc(C)c(Cl)cc4c3=O)C(=O)N2Cc2ccco2)ccc1C. The van der Waals surface area contributed by atoms with Gasteiger partial charge in [0.15, 0.2) is 5.43 Å². The third-order valence-electron chi connectivity index (χ3n) is 5.90. The van der Waals surface area contributed by atoms with Crippen LogP contribution in [-0.4, -0.2) is 17.9 Å². The summed E-state index contributed by atoms with van der Waals surface area (Å²) in [5.74, 6) is 0.948. The van der Waals surface area contributed by atoms with Gasteiger partial charge in [0.05, 0.1) is 36.9 Å². The number of rotatable bonds is 4. The second kappa shape index (κ2) is 7.57. The summed E-state index contributed by atoms with van der Waals surface area (Å²) in [5.41, 5.74) is 2.81. The Labute approximate surface area is 189 Å². The molecule has 32 heavy (non-hydrogen) atoms. The number of ether oxygens (including phenoxy) is 1. The van der Waals surface area contributed by atoms with E-state index in [0.29, 0.717) is 33.1 Å². The van der Waals surface area contributed by atoms with Gasteiger partial charge in [-0.3, -0.25) is 9.59 Å². The Bertz CT molecular complexity index is 1420. The van der Waals surface area contributed by atoms with Crippen molar-refractivity contribution >= 4 is 28.5 Å². The molecule has 0 spiro atoms. The lowest BCUT2D eigenvalue weighted by atomic mass is 9.97. The van der Waals surface area contributed by atoms with Gasteiger partial charge < -0.3 is 18.5 Å². The molecule has 0 unspecified atom stereocenters. The van der Waals surface area contributed by atoms with Crippen molar-refractivity contribution in [3.05, 3.63) is 97.7 Å². The molecule has 6 nitrogen and oxygen atoms in total. The average molecular weight is 450 g/mol. The van der Waals surface area contributed by atoms with Crippen molar-refractivity contribution < 1.29 is 18.4 Å². The van der Waals surface area contributed by atoms with E-state index in [4.69, 9.17) is 25.2 Å². The van der Waals surface area contributed by atoms with Gasteiger partial charge in [-0.25, -0.2) is 0 Å². The molecule has 7 heteroatoms. The number of carbonyl (C=O) groups is 1. The number of methoxy groups -OCH3 is 1. The van der Waals surface area contributed by atoms with Crippen molar-refractivity contribution in [1.29, 1.82) is 0 Å². The molecule has 162 valence electrons. The standard InChI is InChI=1S/C25H20ClNO5/c1-13-6-7-15(10-19(13)30-3)22-21-23(28)17-11-18(26)14(2)9-20(17)32-24(21)25(29)27(22)12-16-5-4-8-31-16/h4-11,22H,12H2,1-3H3/t22-/m0/s1. The first-order valence-corrected chi connectivity index (χ1v) is 10.5. The van der Waals surface area contributed by atoms with Crippen molar-refractivity contribution in [2.24, 2.45) is 0 Å². The van der Waals surface area contributed by atoms with E-state index in [1.807, 2.05) is 32.0 Å². The number of furan rings is 1. The van der Waals surface area contributed by atoms with Crippen LogP contribution in [0.4, 0.5) is 0 Å². The molecule has 0 N–H and O–H groups in total. The molecule has 2 aromatic carbocycles. The number of hydrogen-bond donors (Lipinski definition) is 0. The van der Waals surface area contributed by atoms with Crippen LogP contribution in [0.3, 0.4) is 0 Å². The highest BCUT2D eigenvalue weighted by Gasteiger charge is 2.43. The molecule has 4 aromatic rings. The topological polar surface area (TPSA) is 72.9 Å². The van der Waals surface area contributed by atoms with Crippen LogP contribution in [0, 0.1) is 13.8 Å². The summed E-state index contributed by atoms with van der Waals surface area (Å²) in [7, 11) is 1.59. The first kappa shape index (κ1) is 20.4. The number of nitrogens with zero attached hydrogens (tertiary/aromatic N) is 1. The van der Waals surface area contributed by atoms with Gasteiger partial charge in [-0.05, 0) is 60.9 Å². The van der Waals surface area contributed by atoms with E-state index in [9.17, 15) is 9.59 Å². The minimum Gasteiger partial charge on any atom is -0.496 e. The highest BCUT2D eigenvalue weighted by molar-refractivity contribution is 6.32. The molecule has 1 aliphatic rings. The summed E-state index contributed by atoms with van der Waals surface area (Å²) in [6, 6.07) is 11.8. The predicted molar refractivity (Wildman–Crippen MR) is 120 cm³/mol. The number of amides is 1.